The van der Waals surface area contributed by atoms with Gasteiger partial charge in [0.05, 0.1) is 18.5 Å². The number of amides is 2. The van der Waals surface area contributed by atoms with Gasteiger partial charge in [0.25, 0.3) is 0 Å². The molecule has 3 heterocycles. The summed E-state index contributed by atoms with van der Waals surface area (Å²) >= 11 is 0. The minimum absolute atomic E-state index is 0.0688. The highest BCUT2D eigenvalue weighted by atomic mass is 16.5. The van der Waals surface area contributed by atoms with E-state index in [1.807, 2.05) is 24.0 Å². The van der Waals surface area contributed by atoms with E-state index >= 15 is 0 Å². The van der Waals surface area contributed by atoms with Crippen molar-refractivity contribution in [2.24, 2.45) is 5.41 Å². The lowest BCUT2D eigenvalue weighted by molar-refractivity contribution is 0.0452. The molecule has 0 saturated carbocycles. The number of nitrogens with one attached hydrogen (secondary N) is 1. The fraction of sp³-hybridized carbons (Fsp3) is 0.562. The first-order valence-corrected chi connectivity index (χ1v) is 7.87. The third-order valence-electron chi connectivity index (χ3n) is 4.44. The summed E-state index contributed by atoms with van der Waals surface area (Å²) in [6, 6.07) is 3.63. The number of urea groups is 1. The number of carbonyl (C=O) groups excluding carboxylic acids is 1. The van der Waals surface area contributed by atoms with Crippen LogP contribution in [0.4, 0.5) is 10.5 Å². The van der Waals surface area contributed by atoms with E-state index in [4.69, 9.17) is 4.74 Å². The SMILES string of the molecule is COCC1(C)CCN(C(=O)Nc2ccc3nc(C)nn3c2)CC1. The summed E-state index contributed by atoms with van der Waals surface area (Å²) in [7, 11) is 1.73. The van der Waals surface area contributed by atoms with Gasteiger partial charge in [-0.1, -0.05) is 6.92 Å². The zero-order chi connectivity index (χ0) is 16.4. The van der Waals surface area contributed by atoms with E-state index in [9.17, 15) is 4.79 Å². The van der Waals surface area contributed by atoms with Crippen molar-refractivity contribution in [1.82, 2.24) is 19.5 Å². The fourth-order valence-electron chi connectivity index (χ4n) is 3.01. The molecule has 1 saturated heterocycles. The Bertz CT molecular complexity index is 704. The van der Waals surface area contributed by atoms with Crippen molar-refractivity contribution in [2.45, 2.75) is 26.7 Å². The normalized spacial score (nSPS) is 17.4. The Morgan fingerprint density at radius 2 is 2.13 bits per heavy atom. The van der Waals surface area contributed by atoms with Gasteiger partial charge in [0.15, 0.2) is 5.65 Å². The highest BCUT2D eigenvalue weighted by Crippen LogP contribution is 2.31. The van der Waals surface area contributed by atoms with Crippen molar-refractivity contribution in [3.8, 4) is 0 Å². The van der Waals surface area contributed by atoms with Crippen LogP contribution < -0.4 is 5.32 Å². The summed E-state index contributed by atoms with van der Waals surface area (Å²) in [5.41, 5.74) is 1.66. The van der Waals surface area contributed by atoms with Crippen LogP contribution in [0.3, 0.4) is 0 Å². The molecule has 1 aliphatic rings. The molecular weight excluding hydrogens is 294 g/mol. The molecule has 124 valence electrons. The number of fused-ring (bicyclic) bond motifs is 1. The van der Waals surface area contributed by atoms with Crippen molar-refractivity contribution < 1.29 is 9.53 Å². The van der Waals surface area contributed by atoms with E-state index in [1.54, 1.807) is 17.8 Å². The average molecular weight is 317 g/mol. The Morgan fingerprint density at radius 3 is 2.83 bits per heavy atom. The monoisotopic (exact) mass is 317 g/mol. The van der Waals surface area contributed by atoms with Crippen LogP contribution in [0.25, 0.3) is 5.65 Å². The summed E-state index contributed by atoms with van der Waals surface area (Å²) in [4.78, 5) is 18.5. The topological polar surface area (TPSA) is 71.8 Å². The number of aromatic nitrogens is 3. The largest absolute Gasteiger partial charge is 0.384 e. The van der Waals surface area contributed by atoms with E-state index in [-0.39, 0.29) is 11.4 Å². The molecular formula is C16H23N5O2. The number of hydrogen-bond acceptors (Lipinski definition) is 4. The second kappa shape index (κ2) is 6.16. The first-order valence-electron chi connectivity index (χ1n) is 7.87. The minimum Gasteiger partial charge on any atom is -0.384 e. The van der Waals surface area contributed by atoms with Crippen LogP contribution >= 0.6 is 0 Å². The van der Waals surface area contributed by atoms with Gasteiger partial charge >= 0.3 is 6.03 Å². The third kappa shape index (κ3) is 3.44. The number of ether oxygens (including phenoxy) is 1. The molecule has 2 amide bonds. The summed E-state index contributed by atoms with van der Waals surface area (Å²) in [5, 5.41) is 7.20. The quantitative estimate of drug-likeness (QED) is 0.943. The number of anilines is 1. The van der Waals surface area contributed by atoms with E-state index in [2.05, 4.69) is 22.3 Å². The zero-order valence-electron chi connectivity index (χ0n) is 13.9. The number of likely N-dealkylation sites (tertiary alicyclic amines) is 1. The molecule has 7 nitrogen and oxygen atoms in total. The van der Waals surface area contributed by atoms with Crippen LogP contribution in [0.15, 0.2) is 18.3 Å². The molecule has 23 heavy (non-hydrogen) atoms. The van der Waals surface area contributed by atoms with Gasteiger partial charge in [-0.15, -0.1) is 0 Å². The standard InChI is InChI=1S/C16H23N5O2/c1-12-17-14-5-4-13(10-21(14)19-12)18-15(22)20-8-6-16(2,7-9-20)11-23-3/h4-5,10H,6-9,11H2,1-3H3,(H,18,22). The second-order valence-electron chi connectivity index (χ2n) is 6.54. The smallest absolute Gasteiger partial charge is 0.321 e. The van der Waals surface area contributed by atoms with E-state index in [0.29, 0.717) is 5.82 Å². The maximum atomic E-state index is 12.4. The second-order valence-corrected chi connectivity index (χ2v) is 6.54. The van der Waals surface area contributed by atoms with Crippen LogP contribution in [0.1, 0.15) is 25.6 Å². The maximum absolute atomic E-state index is 12.4. The third-order valence-corrected chi connectivity index (χ3v) is 4.44. The zero-order valence-corrected chi connectivity index (χ0v) is 13.9. The van der Waals surface area contributed by atoms with Crippen molar-refractivity contribution in [2.75, 3.05) is 32.1 Å². The molecule has 0 unspecified atom stereocenters. The van der Waals surface area contributed by atoms with Crippen LogP contribution in [-0.2, 0) is 4.74 Å². The molecule has 0 aromatic carbocycles. The van der Waals surface area contributed by atoms with Gasteiger partial charge in [0, 0.05) is 20.2 Å². The van der Waals surface area contributed by atoms with Crippen molar-refractivity contribution in [3.05, 3.63) is 24.2 Å². The summed E-state index contributed by atoms with van der Waals surface area (Å²) in [5.74, 6) is 0.710. The Morgan fingerprint density at radius 1 is 1.39 bits per heavy atom. The van der Waals surface area contributed by atoms with E-state index in [0.717, 1.165) is 43.9 Å². The molecule has 7 heteroatoms. The molecule has 2 aromatic heterocycles. The lowest BCUT2D eigenvalue weighted by Gasteiger charge is -2.38. The lowest BCUT2D eigenvalue weighted by Crippen LogP contribution is -2.45. The van der Waals surface area contributed by atoms with Crippen LogP contribution in [0.2, 0.25) is 0 Å². The molecule has 1 fully saturated rings. The number of aryl methyl sites for hydroxylation is 1. The van der Waals surface area contributed by atoms with Crippen LogP contribution in [-0.4, -0.2) is 52.3 Å². The molecule has 2 aromatic rings. The number of piperidine rings is 1. The van der Waals surface area contributed by atoms with Gasteiger partial charge in [-0.2, -0.15) is 5.10 Å². The molecule has 0 bridgehead atoms. The predicted octanol–water partition coefficient (Wildman–Crippen LogP) is 2.32. The highest BCUT2D eigenvalue weighted by Gasteiger charge is 2.31. The number of hydrogen-bond donors (Lipinski definition) is 1. The summed E-state index contributed by atoms with van der Waals surface area (Å²) < 4.78 is 6.96. The molecule has 0 atom stereocenters. The Balaban J connectivity index is 1.62. The fourth-order valence-corrected chi connectivity index (χ4v) is 3.01. The van der Waals surface area contributed by atoms with Gasteiger partial charge in [0.2, 0.25) is 0 Å². The number of rotatable bonds is 3. The van der Waals surface area contributed by atoms with Crippen molar-refractivity contribution in [1.29, 1.82) is 0 Å². The lowest BCUT2D eigenvalue weighted by atomic mass is 9.81. The summed E-state index contributed by atoms with van der Waals surface area (Å²) in [6.45, 7) is 6.29. The van der Waals surface area contributed by atoms with Crippen molar-refractivity contribution >= 4 is 17.4 Å². The Kier molecular flexibility index (Phi) is 4.21. The molecule has 1 aliphatic heterocycles. The molecule has 0 spiro atoms. The summed E-state index contributed by atoms with van der Waals surface area (Å²) in [6.07, 6.45) is 3.69. The number of carbonyl (C=O) groups is 1. The van der Waals surface area contributed by atoms with Gasteiger partial charge in [0.1, 0.15) is 5.82 Å². The highest BCUT2D eigenvalue weighted by molar-refractivity contribution is 5.89. The average Bonchev–Trinajstić information content (AvgIpc) is 2.87. The number of nitrogens with zero attached hydrogens (tertiary/aromatic N) is 4. The van der Waals surface area contributed by atoms with Crippen molar-refractivity contribution in [3.63, 3.8) is 0 Å². The molecule has 1 N–H and O–H groups in total. The van der Waals surface area contributed by atoms with Gasteiger partial charge in [-0.3, -0.25) is 0 Å². The number of methoxy groups -OCH3 is 1. The first-order chi connectivity index (χ1) is 11.0. The minimum atomic E-state index is -0.0688. The maximum Gasteiger partial charge on any atom is 0.321 e. The van der Waals surface area contributed by atoms with Crippen LogP contribution in [0.5, 0.6) is 0 Å². The van der Waals surface area contributed by atoms with Gasteiger partial charge in [-0.05, 0) is 37.3 Å². The van der Waals surface area contributed by atoms with Gasteiger partial charge < -0.3 is 15.0 Å². The molecule has 0 radical (unpaired) electrons. The van der Waals surface area contributed by atoms with Gasteiger partial charge in [-0.25, -0.2) is 14.3 Å². The van der Waals surface area contributed by atoms with E-state index in [1.165, 1.54) is 0 Å². The first kappa shape index (κ1) is 15.7. The Labute approximate surface area is 135 Å². The Hall–Kier alpha value is -2.15. The van der Waals surface area contributed by atoms with E-state index < -0.39 is 0 Å². The number of pyridine rings is 1. The van der Waals surface area contributed by atoms with Crippen LogP contribution in [0, 0.1) is 12.3 Å². The molecule has 3 rings (SSSR count). The predicted molar refractivity (Wildman–Crippen MR) is 87.5 cm³/mol. The molecule has 0 aliphatic carbocycles.